The lowest BCUT2D eigenvalue weighted by atomic mass is 10.1. The third-order valence-electron chi connectivity index (χ3n) is 3.36. The van der Waals surface area contributed by atoms with Crippen molar-refractivity contribution in [3.8, 4) is 11.5 Å². The summed E-state index contributed by atoms with van der Waals surface area (Å²) in [6.07, 6.45) is 6.26. The van der Waals surface area contributed by atoms with Gasteiger partial charge in [0.2, 0.25) is 0 Å². The Morgan fingerprint density at radius 2 is 1.96 bits per heavy atom. The highest BCUT2D eigenvalue weighted by molar-refractivity contribution is 5.73. The van der Waals surface area contributed by atoms with E-state index < -0.39 is 0 Å². The van der Waals surface area contributed by atoms with Gasteiger partial charge >= 0.3 is 5.97 Å². The Balaban J connectivity index is 2.41. The van der Waals surface area contributed by atoms with Crippen LogP contribution in [0.3, 0.4) is 0 Å². The van der Waals surface area contributed by atoms with Crippen LogP contribution in [0.15, 0.2) is 41.5 Å². The molecule has 0 atom stereocenters. The van der Waals surface area contributed by atoms with Crippen LogP contribution >= 0.6 is 0 Å². The highest BCUT2D eigenvalue weighted by Gasteiger charge is 2.08. The Labute approximate surface area is 138 Å². The smallest absolute Gasteiger partial charge is 0.310 e. The zero-order valence-electron chi connectivity index (χ0n) is 14.4. The monoisotopic (exact) mass is 318 g/mol. The number of ether oxygens (including phenoxy) is 2. The Hall–Kier alpha value is -2.23. The Kier molecular flexibility index (Phi) is 7.95. The fraction of sp³-hybridized carbons (Fsp3) is 0.421. The van der Waals surface area contributed by atoms with Gasteiger partial charge in [0.15, 0.2) is 11.5 Å². The van der Waals surface area contributed by atoms with E-state index in [1.807, 2.05) is 13.0 Å². The van der Waals surface area contributed by atoms with Gasteiger partial charge in [0.05, 0.1) is 13.5 Å². The number of allylic oxidation sites excluding steroid dienone is 3. The number of phenolic OH excluding ortho intramolecular Hbond substituents is 1. The maximum Gasteiger partial charge on any atom is 0.310 e. The molecule has 0 unspecified atom stereocenters. The summed E-state index contributed by atoms with van der Waals surface area (Å²) in [5.41, 5.74) is 3.27. The van der Waals surface area contributed by atoms with E-state index in [2.05, 4.69) is 19.9 Å². The summed E-state index contributed by atoms with van der Waals surface area (Å²) >= 11 is 0. The molecule has 1 N–H and O–H groups in total. The lowest BCUT2D eigenvalue weighted by molar-refractivity contribution is -0.141. The van der Waals surface area contributed by atoms with Gasteiger partial charge in [-0.2, -0.15) is 0 Å². The fourth-order valence-corrected chi connectivity index (χ4v) is 2.02. The molecule has 0 aliphatic rings. The van der Waals surface area contributed by atoms with E-state index in [0.717, 1.165) is 18.4 Å². The Bertz CT molecular complexity index is 581. The summed E-state index contributed by atoms with van der Waals surface area (Å²) in [4.78, 5) is 11.8. The zero-order chi connectivity index (χ0) is 17.2. The van der Waals surface area contributed by atoms with Crippen molar-refractivity contribution in [1.82, 2.24) is 0 Å². The number of carbonyl (C=O) groups excluding carboxylic acids is 1. The summed E-state index contributed by atoms with van der Waals surface area (Å²) in [6, 6.07) is 4.82. The molecule has 4 heteroatoms. The minimum absolute atomic E-state index is 0.0551. The molecule has 4 nitrogen and oxygen atoms in total. The van der Waals surface area contributed by atoms with E-state index in [0.29, 0.717) is 5.75 Å². The second kappa shape index (κ2) is 9.72. The fourth-order valence-electron chi connectivity index (χ4n) is 2.02. The van der Waals surface area contributed by atoms with Crippen molar-refractivity contribution in [1.29, 1.82) is 0 Å². The average Bonchev–Trinajstić information content (AvgIpc) is 2.48. The van der Waals surface area contributed by atoms with E-state index in [9.17, 15) is 9.90 Å². The number of carbonyl (C=O) groups is 1. The number of aromatic hydroxyl groups is 1. The standard InChI is InChI=1S/C19H26O4/c1-14(2)6-5-7-15(3)10-11-23-19(21)13-16-8-9-17(20)18(12-16)22-4/h6,8-10,12,20H,5,7,11,13H2,1-4H3/b15-10+. The first-order valence-electron chi connectivity index (χ1n) is 7.73. The van der Waals surface area contributed by atoms with Crippen LogP contribution in [0.2, 0.25) is 0 Å². The predicted octanol–water partition coefficient (Wildman–Crippen LogP) is 4.18. The molecule has 0 radical (unpaired) electrons. The lowest BCUT2D eigenvalue weighted by Crippen LogP contribution is -2.08. The van der Waals surface area contributed by atoms with Crippen LogP contribution in [-0.2, 0) is 16.0 Å². The number of rotatable bonds is 8. The van der Waals surface area contributed by atoms with E-state index in [1.54, 1.807) is 12.1 Å². The molecule has 0 spiro atoms. The first kappa shape index (κ1) is 18.8. The topological polar surface area (TPSA) is 55.8 Å². The van der Waals surface area contributed by atoms with Gasteiger partial charge in [-0.25, -0.2) is 0 Å². The molecule has 0 saturated carbocycles. The Morgan fingerprint density at radius 3 is 2.61 bits per heavy atom. The van der Waals surface area contributed by atoms with Crippen molar-refractivity contribution in [3.63, 3.8) is 0 Å². The molecule has 23 heavy (non-hydrogen) atoms. The zero-order valence-corrected chi connectivity index (χ0v) is 14.4. The normalized spacial score (nSPS) is 11.0. The first-order chi connectivity index (χ1) is 10.9. The van der Waals surface area contributed by atoms with Gasteiger partial charge in [-0.3, -0.25) is 4.79 Å². The molecule has 0 bridgehead atoms. The van der Waals surface area contributed by atoms with Crippen molar-refractivity contribution in [2.45, 2.75) is 40.0 Å². The molecule has 0 aliphatic heterocycles. The third kappa shape index (κ3) is 7.54. The highest BCUT2D eigenvalue weighted by atomic mass is 16.5. The van der Waals surface area contributed by atoms with E-state index in [-0.39, 0.29) is 24.7 Å². The number of esters is 1. The Morgan fingerprint density at radius 1 is 1.22 bits per heavy atom. The molecule has 0 fully saturated rings. The summed E-state index contributed by atoms with van der Waals surface area (Å²) in [5, 5.41) is 9.52. The van der Waals surface area contributed by atoms with Crippen LogP contribution in [0.1, 0.15) is 39.2 Å². The number of benzene rings is 1. The largest absolute Gasteiger partial charge is 0.504 e. The van der Waals surface area contributed by atoms with Gasteiger partial charge < -0.3 is 14.6 Å². The molecule has 0 amide bonds. The number of hydrogen-bond acceptors (Lipinski definition) is 4. The number of phenols is 1. The van der Waals surface area contributed by atoms with E-state index >= 15 is 0 Å². The maximum absolute atomic E-state index is 11.8. The molecule has 0 aliphatic carbocycles. The van der Waals surface area contributed by atoms with Crippen LogP contribution in [0.4, 0.5) is 0 Å². The summed E-state index contributed by atoms with van der Waals surface area (Å²) < 4.78 is 10.2. The van der Waals surface area contributed by atoms with Gasteiger partial charge in [0.25, 0.3) is 0 Å². The van der Waals surface area contributed by atoms with Crippen LogP contribution in [0, 0.1) is 0 Å². The minimum atomic E-state index is -0.300. The van der Waals surface area contributed by atoms with Crippen LogP contribution in [0.5, 0.6) is 11.5 Å². The van der Waals surface area contributed by atoms with Crippen LogP contribution in [0.25, 0.3) is 0 Å². The third-order valence-corrected chi connectivity index (χ3v) is 3.36. The predicted molar refractivity (Wildman–Crippen MR) is 91.7 cm³/mol. The number of hydrogen-bond donors (Lipinski definition) is 1. The van der Waals surface area contributed by atoms with E-state index in [1.165, 1.54) is 24.3 Å². The van der Waals surface area contributed by atoms with Crippen molar-refractivity contribution in [2.24, 2.45) is 0 Å². The van der Waals surface area contributed by atoms with Crippen molar-refractivity contribution < 1.29 is 19.4 Å². The molecular weight excluding hydrogens is 292 g/mol. The second-order valence-electron chi connectivity index (χ2n) is 5.74. The molecule has 1 aromatic carbocycles. The summed E-state index contributed by atoms with van der Waals surface area (Å²) in [6.45, 7) is 6.49. The minimum Gasteiger partial charge on any atom is -0.504 e. The average molecular weight is 318 g/mol. The number of methoxy groups -OCH3 is 1. The lowest BCUT2D eigenvalue weighted by Gasteiger charge is -2.07. The van der Waals surface area contributed by atoms with E-state index in [4.69, 9.17) is 9.47 Å². The van der Waals surface area contributed by atoms with Gasteiger partial charge in [-0.15, -0.1) is 0 Å². The van der Waals surface area contributed by atoms with Gasteiger partial charge in [0, 0.05) is 0 Å². The van der Waals surface area contributed by atoms with Gasteiger partial charge in [-0.05, 0) is 57.4 Å². The molecule has 1 rings (SSSR count). The molecule has 1 aromatic rings. The van der Waals surface area contributed by atoms with Crippen molar-refractivity contribution in [2.75, 3.05) is 13.7 Å². The summed E-state index contributed by atoms with van der Waals surface area (Å²) in [5.74, 6) is 0.107. The van der Waals surface area contributed by atoms with Crippen molar-refractivity contribution in [3.05, 3.63) is 47.1 Å². The SMILES string of the molecule is COc1cc(CC(=O)OC/C=C(\C)CCC=C(C)C)ccc1O. The van der Waals surface area contributed by atoms with Crippen LogP contribution < -0.4 is 4.74 Å². The molecular formula is C19H26O4. The molecule has 126 valence electrons. The van der Waals surface area contributed by atoms with Crippen molar-refractivity contribution >= 4 is 5.97 Å². The van der Waals surface area contributed by atoms with Crippen LogP contribution in [-0.4, -0.2) is 24.8 Å². The second-order valence-corrected chi connectivity index (χ2v) is 5.74. The van der Waals surface area contributed by atoms with Gasteiger partial charge in [-0.1, -0.05) is 23.3 Å². The van der Waals surface area contributed by atoms with Gasteiger partial charge in [0.1, 0.15) is 6.61 Å². The first-order valence-corrected chi connectivity index (χ1v) is 7.73. The quantitative estimate of drug-likeness (QED) is 0.577. The molecule has 0 aromatic heterocycles. The molecule has 0 saturated heterocycles. The summed E-state index contributed by atoms with van der Waals surface area (Å²) in [7, 11) is 1.47. The molecule has 0 heterocycles. The highest BCUT2D eigenvalue weighted by Crippen LogP contribution is 2.26. The maximum atomic E-state index is 11.8.